The van der Waals surface area contributed by atoms with Crippen molar-refractivity contribution in [1.29, 1.82) is 0 Å². The molecule has 104 valence electrons. The van der Waals surface area contributed by atoms with Gasteiger partial charge in [-0.25, -0.2) is 4.99 Å². The second-order valence-electron chi connectivity index (χ2n) is 4.93. The number of guanidine groups is 1. The van der Waals surface area contributed by atoms with E-state index >= 15 is 0 Å². The monoisotopic (exact) mass is 275 g/mol. The number of benzene rings is 3. The Morgan fingerprint density at radius 1 is 0.905 bits per heavy atom. The highest BCUT2D eigenvalue weighted by molar-refractivity contribution is 6.09. The summed E-state index contributed by atoms with van der Waals surface area (Å²) in [5, 5.41) is 4.67. The average molecular weight is 275 g/mol. The van der Waals surface area contributed by atoms with Gasteiger partial charge in [0.25, 0.3) is 0 Å². The van der Waals surface area contributed by atoms with Gasteiger partial charge in [0.1, 0.15) is 0 Å². The fourth-order valence-corrected chi connectivity index (χ4v) is 2.81. The van der Waals surface area contributed by atoms with Crippen molar-refractivity contribution in [3.8, 4) is 0 Å². The average Bonchev–Trinajstić information content (AvgIpc) is 2.51. The van der Waals surface area contributed by atoms with E-state index < -0.39 is 0 Å². The fourth-order valence-electron chi connectivity index (χ4n) is 2.81. The van der Waals surface area contributed by atoms with Gasteiger partial charge in [0.15, 0.2) is 5.96 Å². The first kappa shape index (κ1) is 13.2. The van der Waals surface area contributed by atoms with Crippen LogP contribution in [0.15, 0.2) is 60.1 Å². The summed E-state index contributed by atoms with van der Waals surface area (Å²) in [6.07, 6.45) is 1.91. The molecular formula is C18H17N3. The molecule has 3 rings (SSSR count). The van der Waals surface area contributed by atoms with E-state index in [9.17, 15) is 0 Å². The number of hydrogen-bond donors (Lipinski definition) is 2. The Morgan fingerprint density at radius 2 is 1.38 bits per heavy atom. The second kappa shape index (κ2) is 5.29. The van der Waals surface area contributed by atoms with Crippen LogP contribution in [0.1, 0.15) is 11.1 Å². The topological polar surface area (TPSA) is 64.4 Å². The molecule has 0 aromatic heterocycles. The normalized spacial score (nSPS) is 10.7. The lowest BCUT2D eigenvalue weighted by atomic mass is 9.92. The third-order valence-electron chi connectivity index (χ3n) is 3.71. The van der Waals surface area contributed by atoms with Crippen LogP contribution < -0.4 is 11.5 Å². The first-order valence-corrected chi connectivity index (χ1v) is 6.82. The molecule has 4 N–H and O–H groups in total. The maximum absolute atomic E-state index is 5.50. The molecule has 3 heteroatoms. The SMILES string of the molecule is C=Cc1c2ccccc2c(CN=C(N)N)c2ccccc12. The smallest absolute Gasteiger partial charge is 0.186 e. The van der Waals surface area contributed by atoms with E-state index in [-0.39, 0.29) is 5.96 Å². The van der Waals surface area contributed by atoms with Crippen LogP contribution in [-0.4, -0.2) is 5.96 Å². The highest BCUT2D eigenvalue weighted by Gasteiger charge is 2.11. The molecule has 0 aliphatic heterocycles. The quantitative estimate of drug-likeness (QED) is 0.437. The number of nitrogens with zero attached hydrogens (tertiary/aromatic N) is 1. The van der Waals surface area contributed by atoms with E-state index in [0.717, 1.165) is 21.9 Å². The molecule has 0 atom stereocenters. The van der Waals surface area contributed by atoms with E-state index in [2.05, 4.69) is 35.8 Å². The first-order chi connectivity index (χ1) is 10.2. The lowest BCUT2D eigenvalue weighted by Gasteiger charge is -2.13. The van der Waals surface area contributed by atoms with Gasteiger partial charge in [-0.3, -0.25) is 0 Å². The van der Waals surface area contributed by atoms with Gasteiger partial charge in [0.2, 0.25) is 0 Å². The zero-order valence-corrected chi connectivity index (χ0v) is 11.7. The molecule has 0 spiro atoms. The van der Waals surface area contributed by atoms with Crippen molar-refractivity contribution in [3.05, 3.63) is 66.2 Å². The van der Waals surface area contributed by atoms with Gasteiger partial charge in [0.05, 0.1) is 6.54 Å². The number of aliphatic imine (C=N–C) groups is 1. The summed E-state index contributed by atoms with van der Waals surface area (Å²) in [6, 6.07) is 16.6. The zero-order valence-electron chi connectivity index (χ0n) is 11.7. The molecule has 3 nitrogen and oxygen atoms in total. The molecule has 0 saturated carbocycles. The van der Waals surface area contributed by atoms with Crippen molar-refractivity contribution >= 4 is 33.6 Å². The van der Waals surface area contributed by atoms with E-state index in [4.69, 9.17) is 11.5 Å². The largest absolute Gasteiger partial charge is 0.370 e. The maximum atomic E-state index is 5.50. The highest BCUT2D eigenvalue weighted by Crippen LogP contribution is 2.33. The van der Waals surface area contributed by atoms with Crippen LogP contribution in [0.25, 0.3) is 27.6 Å². The molecule has 3 aromatic rings. The fraction of sp³-hybridized carbons (Fsp3) is 0.0556. The minimum Gasteiger partial charge on any atom is -0.370 e. The molecule has 0 amide bonds. The Kier molecular flexibility index (Phi) is 3.32. The molecule has 0 unspecified atom stereocenters. The molecule has 3 aromatic carbocycles. The van der Waals surface area contributed by atoms with Gasteiger partial charge in [0, 0.05) is 0 Å². The zero-order chi connectivity index (χ0) is 14.8. The summed E-state index contributed by atoms with van der Waals surface area (Å²) in [5.41, 5.74) is 13.3. The summed E-state index contributed by atoms with van der Waals surface area (Å²) in [5.74, 6) is 0.107. The van der Waals surface area contributed by atoms with Crippen molar-refractivity contribution < 1.29 is 0 Å². The summed E-state index contributed by atoms with van der Waals surface area (Å²) in [6.45, 7) is 4.44. The molecule has 0 heterocycles. The van der Waals surface area contributed by atoms with Gasteiger partial charge in [-0.15, -0.1) is 0 Å². The molecule has 0 bridgehead atoms. The Bertz CT molecular complexity index is 802. The molecule has 0 saturated heterocycles. The van der Waals surface area contributed by atoms with Crippen LogP contribution in [0.4, 0.5) is 0 Å². The maximum Gasteiger partial charge on any atom is 0.186 e. The van der Waals surface area contributed by atoms with Crippen molar-refractivity contribution in [1.82, 2.24) is 0 Å². The van der Waals surface area contributed by atoms with Crippen LogP contribution in [-0.2, 0) is 6.54 Å². The van der Waals surface area contributed by atoms with Crippen molar-refractivity contribution in [2.45, 2.75) is 6.54 Å². The van der Waals surface area contributed by atoms with Crippen LogP contribution in [0, 0.1) is 0 Å². The number of hydrogen-bond acceptors (Lipinski definition) is 1. The predicted octanol–water partition coefficient (Wildman–Crippen LogP) is 3.41. The van der Waals surface area contributed by atoms with Gasteiger partial charge >= 0.3 is 0 Å². The lowest BCUT2D eigenvalue weighted by molar-refractivity contribution is 1.08. The third kappa shape index (κ3) is 2.23. The van der Waals surface area contributed by atoms with Crippen molar-refractivity contribution in [2.24, 2.45) is 16.5 Å². The molecular weight excluding hydrogens is 258 g/mol. The summed E-state index contributed by atoms with van der Waals surface area (Å²) in [4.78, 5) is 4.20. The van der Waals surface area contributed by atoms with E-state index in [0.29, 0.717) is 6.54 Å². The minimum absolute atomic E-state index is 0.107. The van der Waals surface area contributed by atoms with Crippen LogP contribution >= 0.6 is 0 Å². The Labute approximate surface area is 123 Å². The van der Waals surface area contributed by atoms with Crippen molar-refractivity contribution in [3.63, 3.8) is 0 Å². The minimum atomic E-state index is 0.107. The lowest BCUT2D eigenvalue weighted by Crippen LogP contribution is -2.22. The van der Waals surface area contributed by atoms with Gasteiger partial charge in [-0.05, 0) is 32.7 Å². The van der Waals surface area contributed by atoms with E-state index in [1.807, 2.05) is 30.3 Å². The Morgan fingerprint density at radius 3 is 1.81 bits per heavy atom. The molecule has 21 heavy (non-hydrogen) atoms. The standard InChI is InChI=1S/C18H17N3/c1-2-12-13-7-3-5-9-15(13)17(11-21-18(19)20)16-10-6-4-8-14(12)16/h2-10H,1,11H2,(H4,19,20,21). The van der Waals surface area contributed by atoms with Crippen LogP contribution in [0.3, 0.4) is 0 Å². The summed E-state index contributed by atoms with van der Waals surface area (Å²) >= 11 is 0. The van der Waals surface area contributed by atoms with E-state index in [1.165, 1.54) is 10.8 Å². The van der Waals surface area contributed by atoms with Gasteiger partial charge in [-0.2, -0.15) is 0 Å². The van der Waals surface area contributed by atoms with Crippen molar-refractivity contribution in [2.75, 3.05) is 0 Å². The van der Waals surface area contributed by atoms with Crippen LogP contribution in [0.5, 0.6) is 0 Å². The second-order valence-corrected chi connectivity index (χ2v) is 4.93. The Balaban J connectivity index is 2.47. The Hall–Kier alpha value is -2.81. The molecule has 0 aliphatic carbocycles. The predicted molar refractivity (Wildman–Crippen MR) is 91.1 cm³/mol. The first-order valence-electron chi connectivity index (χ1n) is 6.82. The molecule has 0 aliphatic rings. The molecule has 0 radical (unpaired) electrons. The number of fused-ring (bicyclic) bond motifs is 2. The summed E-state index contributed by atoms with van der Waals surface area (Å²) in [7, 11) is 0. The summed E-state index contributed by atoms with van der Waals surface area (Å²) < 4.78 is 0. The number of rotatable bonds is 3. The highest BCUT2D eigenvalue weighted by atomic mass is 15.0. The van der Waals surface area contributed by atoms with Gasteiger partial charge < -0.3 is 11.5 Å². The third-order valence-corrected chi connectivity index (χ3v) is 3.71. The van der Waals surface area contributed by atoms with E-state index in [1.54, 1.807) is 0 Å². The van der Waals surface area contributed by atoms with Crippen LogP contribution in [0.2, 0.25) is 0 Å². The molecule has 0 fully saturated rings. The number of nitrogens with two attached hydrogens (primary N) is 2. The van der Waals surface area contributed by atoms with Gasteiger partial charge in [-0.1, -0.05) is 61.2 Å².